The Labute approximate surface area is 177 Å². The molecule has 3 nitrogen and oxygen atoms in total. The fraction of sp³-hybridized carbons (Fsp3) is 0.0909. The lowest BCUT2D eigenvalue weighted by molar-refractivity contribution is -0.118. The van der Waals surface area contributed by atoms with Gasteiger partial charge in [-0.1, -0.05) is 77.8 Å². The Morgan fingerprint density at radius 3 is 2.25 bits per heavy atom. The van der Waals surface area contributed by atoms with Crippen LogP contribution >= 0.6 is 35.0 Å². The van der Waals surface area contributed by atoms with Gasteiger partial charge in [-0.15, -0.1) is 11.8 Å². The van der Waals surface area contributed by atoms with E-state index in [4.69, 9.17) is 23.2 Å². The number of rotatable bonds is 5. The van der Waals surface area contributed by atoms with Crippen molar-refractivity contribution in [2.24, 2.45) is 5.10 Å². The third-order valence-electron chi connectivity index (χ3n) is 4.50. The third-order valence-corrected chi connectivity index (χ3v) is 6.51. The number of fused-ring (bicyclic) bond motifs is 3. The molecule has 3 aromatic carbocycles. The average molecular weight is 427 g/mol. The number of hydrogen-bond donors (Lipinski definition) is 1. The van der Waals surface area contributed by atoms with Gasteiger partial charge in [-0.2, -0.15) is 5.10 Å². The van der Waals surface area contributed by atoms with Gasteiger partial charge in [0.15, 0.2) is 0 Å². The molecule has 4 rings (SSSR count). The Kier molecular flexibility index (Phi) is 5.72. The molecule has 0 fully saturated rings. The lowest BCUT2D eigenvalue weighted by Crippen LogP contribution is -2.20. The van der Waals surface area contributed by atoms with E-state index in [9.17, 15) is 4.79 Å². The number of amides is 1. The summed E-state index contributed by atoms with van der Waals surface area (Å²) in [6, 6.07) is 21.9. The first-order valence-electron chi connectivity index (χ1n) is 8.70. The molecule has 1 aliphatic carbocycles. The van der Waals surface area contributed by atoms with Crippen molar-refractivity contribution in [1.29, 1.82) is 0 Å². The highest BCUT2D eigenvalue weighted by Crippen LogP contribution is 2.49. The smallest absolute Gasteiger partial charge is 0.250 e. The van der Waals surface area contributed by atoms with Crippen LogP contribution in [0.4, 0.5) is 0 Å². The molecule has 0 bridgehead atoms. The first-order valence-corrected chi connectivity index (χ1v) is 10.5. The van der Waals surface area contributed by atoms with Crippen molar-refractivity contribution in [3.63, 3.8) is 0 Å². The van der Waals surface area contributed by atoms with Gasteiger partial charge in [0.2, 0.25) is 5.91 Å². The largest absolute Gasteiger partial charge is 0.272 e. The van der Waals surface area contributed by atoms with Crippen LogP contribution in [0.3, 0.4) is 0 Å². The van der Waals surface area contributed by atoms with Crippen LogP contribution in [0.15, 0.2) is 71.8 Å². The lowest BCUT2D eigenvalue weighted by Gasteiger charge is -2.12. The number of nitrogens with one attached hydrogen (secondary N) is 1. The second-order valence-corrected chi connectivity index (χ2v) is 8.24. The van der Waals surface area contributed by atoms with Crippen LogP contribution in [0.1, 0.15) is 21.9 Å². The molecule has 3 aromatic rings. The molecule has 140 valence electrons. The van der Waals surface area contributed by atoms with Gasteiger partial charge in [0, 0.05) is 0 Å². The number of carbonyl (C=O) groups excluding carboxylic acids is 1. The zero-order valence-corrected chi connectivity index (χ0v) is 17.1. The minimum Gasteiger partial charge on any atom is -0.272 e. The van der Waals surface area contributed by atoms with Crippen LogP contribution in [0.5, 0.6) is 0 Å². The third kappa shape index (κ3) is 3.95. The summed E-state index contributed by atoms with van der Waals surface area (Å²) in [4.78, 5) is 12.2. The number of halogens is 2. The lowest BCUT2D eigenvalue weighted by atomic mass is 10.1. The van der Waals surface area contributed by atoms with Crippen LogP contribution in [0.2, 0.25) is 10.0 Å². The molecule has 0 unspecified atom stereocenters. The van der Waals surface area contributed by atoms with Gasteiger partial charge >= 0.3 is 0 Å². The summed E-state index contributed by atoms with van der Waals surface area (Å²) in [5.41, 5.74) is 8.33. The Hall–Kier alpha value is -2.27. The van der Waals surface area contributed by atoms with Crippen LogP contribution in [-0.4, -0.2) is 17.9 Å². The van der Waals surface area contributed by atoms with E-state index in [0.29, 0.717) is 15.8 Å². The fourth-order valence-corrected chi connectivity index (χ4v) is 4.71. The van der Waals surface area contributed by atoms with E-state index in [-0.39, 0.29) is 11.2 Å². The van der Waals surface area contributed by atoms with Crippen molar-refractivity contribution >= 4 is 47.1 Å². The molecule has 0 atom stereocenters. The van der Waals surface area contributed by atoms with Crippen LogP contribution < -0.4 is 5.43 Å². The predicted octanol–water partition coefficient (Wildman–Crippen LogP) is 5.95. The molecule has 0 aliphatic heterocycles. The molecule has 6 heteroatoms. The second kappa shape index (κ2) is 8.39. The van der Waals surface area contributed by atoms with Crippen LogP contribution in [0.25, 0.3) is 11.1 Å². The molecule has 28 heavy (non-hydrogen) atoms. The number of thioether (sulfide) groups is 1. The van der Waals surface area contributed by atoms with Gasteiger partial charge in [0.1, 0.15) is 0 Å². The SMILES string of the molecule is O=C(CSC1c2ccccc2-c2ccccc21)N/N=C\c1ccc(Cl)c(Cl)c1. The van der Waals surface area contributed by atoms with E-state index in [2.05, 4.69) is 34.8 Å². The van der Waals surface area contributed by atoms with Gasteiger partial charge in [-0.05, 0) is 39.9 Å². The Bertz CT molecular complexity index is 1020. The van der Waals surface area contributed by atoms with Gasteiger partial charge in [0.05, 0.1) is 27.3 Å². The zero-order valence-electron chi connectivity index (χ0n) is 14.7. The maximum absolute atomic E-state index is 12.2. The number of hydrogen-bond acceptors (Lipinski definition) is 3. The molecule has 0 aromatic heterocycles. The number of benzene rings is 3. The molecule has 1 aliphatic rings. The Balaban J connectivity index is 1.40. The standard InChI is InChI=1S/C22H16Cl2N2OS/c23-19-10-9-14(11-20(19)24)12-25-26-21(27)13-28-22-17-7-3-1-5-15(17)16-6-2-4-8-18(16)22/h1-12,22H,13H2,(H,26,27)/b25-12-. The zero-order chi connectivity index (χ0) is 19.5. The van der Waals surface area contributed by atoms with E-state index >= 15 is 0 Å². The molecule has 1 amide bonds. The molecular formula is C22H16Cl2N2OS. The summed E-state index contributed by atoms with van der Waals surface area (Å²) in [5.74, 6) is 0.162. The molecule has 0 radical (unpaired) electrons. The van der Waals surface area contributed by atoms with Gasteiger partial charge in [-0.25, -0.2) is 5.43 Å². The monoisotopic (exact) mass is 426 g/mol. The highest BCUT2D eigenvalue weighted by atomic mass is 35.5. The van der Waals surface area contributed by atoms with Crippen molar-refractivity contribution in [3.8, 4) is 11.1 Å². The number of hydrazone groups is 1. The Morgan fingerprint density at radius 1 is 0.964 bits per heavy atom. The molecule has 0 spiro atoms. The Morgan fingerprint density at radius 2 is 1.61 bits per heavy atom. The van der Waals surface area contributed by atoms with Gasteiger partial charge < -0.3 is 0 Å². The van der Waals surface area contributed by atoms with E-state index in [1.165, 1.54) is 22.3 Å². The maximum Gasteiger partial charge on any atom is 0.250 e. The summed E-state index contributed by atoms with van der Waals surface area (Å²) in [5, 5.41) is 5.09. The summed E-state index contributed by atoms with van der Waals surface area (Å²) in [7, 11) is 0. The highest BCUT2D eigenvalue weighted by molar-refractivity contribution is 8.00. The molecular weight excluding hydrogens is 411 g/mol. The van der Waals surface area contributed by atoms with Crippen molar-refractivity contribution < 1.29 is 4.79 Å². The van der Waals surface area contributed by atoms with Crippen LogP contribution in [0, 0.1) is 0 Å². The molecule has 1 N–H and O–H groups in total. The maximum atomic E-state index is 12.2. The predicted molar refractivity (Wildman–Crippen MR) is 118 cm³/mol. The van der Waals surface area contributed by atoms with Crippen LogP contribution in [-0.2, 0) is 4.79 Å². The minimum atomic E-state index is -0.150. The molecule has 0 heterocycles. The summed E-state index contributed by atoms with van der Waals surface area (Å²) in [6.45, 7) is 0. The first-order chi connectivity index (χ1) is 13.6. The number of nitrogens with zero attached hydrogens (tertiary/aromatic N) is 1. The molecule has 0 saturated carbocycles. The minimum absolute atomic E-state index is 0.150. The average Bonchev–Trinajstić information content (AvgIpc) is 3.03. The van der Waals surface area contributed by atoms with E-state index in [1.807, 2.05) is 24.3 Å². The van der Waals surface area contributed by atoms with Crippen molar-refractivity contribution in [2.45, 2.75) is 5.25 Å². The summed E-state index contributed by atoms with van der Waals surface area (Å²) < 4.78 is 0. The van der Waals surface area contributed by atoms with Crippen molar-refractivity contribution in [1.82, 2.24) is 5.43 Å². The molecule has 0 saturated heterocycles. The van der Waals surface area contributed by atoms with Crippen molar-refractivity contribution in [2.75, 3.05) is 5.75 Å². The van der Waals surface area contributed by atoms with E-state index in [1.54, 1.807) is 36.2 Å². The number of carbonyl (C=O) groups is 1. The van der Waals surface area contributed by atoms with Gasteiger partial charge in [-0.3, -0.25) is 4.79 Å². The van der Waals surface area contributed by atoms with Gasteiger partial charge in [0.25, 0.3) is 0 Å². The van der Waals surface area contributed by atoms with E-state index < -0.39 is 0 Å². The van der Waals surface area contributed by atoms with E-state index in [0.717, 1.165) is 5.56 Å². The fourth-order valence-electron chi connectivity index (χ4n) is 3.25. The highest BCUT2D eigenvalue weighted by Gasteiger charge is 2.28. The topological polar surface area (TPSA) is 41.5 Å². The quantitative estimate of drug-likeness (QED) is 0.404. The first kappa shape index (κ1) is 19.1. The summed E-state index contributed by atoms with van der Waals surface area (Å²) >= 11 is 13.5. The summed E-state index contributed by atoms with van der Waals surface area (Å²) in [6.07, 6.45) is 1.55. The van der Waals surface area contributed by atoms with Crippen molar-refractivity contribution in [3.05, 3.63) is 93.5 Å². The second-order valence-electron chi connectivity index (χ2n) is 6.33. The normalized spacial score (nSPS) is 12.8.